The van der Waals surface area contributed by atoms with Crippen LogP contribution in [-0.4, -0.2) is 21.5 Å². The zero-order chi connectivity index (χ0) is 15.1. The van der Waals surface area contributed by atoms with Crippen LogP contribution in [0.4, 0.5) is 5.69 Å². The maximum absolute atomic E-state index is 12.2. The number of Topliss-reactive ketones (excluding diaryl/α,β-unsaturated/α-hetero) is 1. The molecule has 0 saturated carbocycles. The van der Waals surface area contributed by atoms with Gasteiger partial charge in [0.15, 0.2) is 0 Å². The monoisotopic (exact) mass is 303 g/mol. The molecule has 0 saturated heterocycles. The predicted octanol–water partition coefficient (Wildman–Crippen LogP) is 2.37. The van der Waals surface area contributed by atoms with Crippen LogP contribution >= 0.6 is 11.6 Å². The van der Waals surface area contributed by atoms with Crippen LogP contribution in [0.2, 0.25) is 5.02 Å². The van der Waals surface area contributed by atoms with Crippen molar-refractivity contribution in [3.8, 4) is 0 Å². The van der Waals surface area contributed by atoms with Crippen molar-refractivity contribution in [1.82, 2.24) is 9.78 Å². The van der Waals surface area contributed by atoms with Crippen molar-refractivity contribution in [2.75, 3.05) is 4.90 Å². The molecule has 0 bridgehead atoms. The van der Waals surface area contributed by atoms with Crippen LogP contribution < -0.4 is 4.90 Å². The fraction of sp³-hybridized carbons (Fsp3) is 0.267. The van der Waals surface area contributed by atoms with E-state index in [1.54, 1.807) is 22.9 Å². The molecule has 2 heterocycles. The number of halogens is 1. The molecule has 0 radical (unpaired) electrons. The lowest BCUT2D eigenvalue weighted by Gasteiger charge is -2.16. The van der Waals surface area contributed by atoms with E-state index in [0.29, 0.717) is 22.8 Å². The third-order valence-electron chi connectivity index (χ3n) is 3.64. The smallest absolute Gasteiger partial charge is 0.299 e. The largest absolute Gasteiger partial charge is 0.299 e. The molecular formula is C15H14ClN3O2. The normalized spacial score (nSPS) is 14.0. The topological polar surface area (TPSA) is 55.2 Å². The fourth-order valence-electron chi connectivity index (χ4n) is 2.48. The Hall–Kier alpha value is -2.14. The Bertz CT molecular complexity index is 751. The Morgan fingerprint density at radius 1 is 1.24 bits per heavy atom. The number of hydrogen-bond acceptors (Lipinski definition) is 3. The average molecular weight is 304 g/mol. The number of hydrogen-bond donors (Lipinski definition) is 0. The van der Waals surface area contributed by atoms with E-state index in [1.807, 2.05) is 20.0 Å². The molecule has 2 aromatic rings. The molecule has 0 spiro atoms. The Kier molecular flexibility index (Phi) is 3.29. The van der Waals surface area contributed by atoms with Gasteiger partial charge in [0, 0.05) is 12.1 Å². The Balaban J connectivity index is 1.99. The van der Waals surface area contributed by atoms with E-state index in [-0.39, 0.29) is 0 Å². The Morgan fingerprint density at radius 2 is 2.00 bits per heavy atom. The summed E-state index contributed by atoms with van der Waals surface area (Å²) in [6.07, 6.45) is 0.823. The molecular weight excluding hydrogens is 290 g/mol. The number of carbonyl (C=O) groups is 2. The lowest BCUT2D eigenvalue weighted by Crippen LogP contribution is -2.30. The molecule has 21 heavy (non-hydrogen) atoms. The summed E-state index contributed by atoms with van der Waals surface area (Å²) in [7, 11) is 1.83. The summed E-state index contributed by atoms with van der Waals surface area (Å²) in [6.45, 7) is 2.33. The third-order valence-corrected chi connectivity index (χ3v) is 3.88. The van der Waals surface area contributed by atoms with Gasteiger partial charge in [0.1, 0.15) is 0 Å². The van der Waals surface area contributed by atoms with Crippen molar-refractivity contribution in [2.45, 2.75) is 19.9 Å². The SMILES string of the molecule is CCc1cc(CN2C(=O)C(=O)c3ccc(Cl)cc32)n(C)n1. The van der Waals surface area contributed by atoms with Crippen molar-refractivity contribution < 1.29 is 9.59 Å². The molecule has 0 N–H and O–H groups in total. The molecule has 1 aliphatic rings. The maximum atomic E-state index is 12.2. The van der Waals surface area contributed by atoms with Gasteiger partial charge in [-0.25, -0.2) is 0 Å². The quantitative estimate of drug-likeness (QED) is 0.818. The lowest BCUT2D eigenvalue weighted by molar-refractivity contribution is -0.114. The van der Waals surface area contributed by atoms with E-state index in [2.05, 4.69) is 5.10 Å². The number of benzene rings is 1. The summed E-state index contributed by atoms with van der Waals surface area (Å²) in [5, 5.41) is 4.86. The first-order valence-electron chi connectivity index (χ1n) is 6.68. The number of aromatic nitrogens is 2. The number of anilines is 1. The van der Waals surface area contributed by atoms with Crippen LogP contribution in [-0.2, 0) is 24.8 Å². The van der Waals surface area contributed by atoms with Crippen LogP contribution in [0.25, 0.3) is 0 Å². The maximum Gasteiger partial charge on any atom is 0.299 e. The van der Waals surface area contributed by atoms with Gasteiger partial charge in [0.2, 0.25) is 0 Å². The third kappa shape index (κ3) is 2.23. The summed E-state index contributed by atoms with van der Waals surface area (Å²) in [4.78, 5) is 25.6. The molecule has 1 aliphatic heterocycles. The van der Waals surface area contributed by atoms with E-state index >= 15 is 0 Å². The molecule has 0 unspecified atom stereocenters. The second-order valence-electron chi connectivity index (χ2n) is 4.99. The van der Waals surface area contributed by atoms with E-state index in [9.17, 15) is 9.59 Å². The lowest BCUT2D eigenvalue weighted by atomic mass is 10.1. The first-order valence-corrected chi connectivity index (χ1v) is 7.06. The van der Waals surface area contributed by atoms with Gasteiger partial charge in [-0.2, -0.15) is 5.10 Å². The minimum absolute atomic E-state index is 0.307. The number of ketones is 1. The summed E-state index contributed by atoms with van der Waals surface area (Å²) in [5.41, 5.74) is 2.80. The Labute approximate surface area is 127 Å². The first-order chi connectivity index (χ1) is 10.0. The predicted molar refractivity (Wildman–Crippen MR) is 79.6 cm³/mol. The van der Waals surface area contributed by atoms with Crippen molar-refractivity contribution in [1.29, 1.82) is 0 Å². The van der Waals surface area contributed by atoms with Crippen molar-refractivity contribution in [3.63, 3.8) is 0 Å². The van der Waals surface area contributed by atoms with E-state index < -0.39 is 11.7 Å². The van der Waals surface area contributed by atoms with Gasteiger partial charge in [-0.15, -0.1) is 0 Å². The molecule has 5 nitrogen and oxygen atoms in total. The number of amides is 1. The van der Waals surface area contributed by atoms with Crippen LogP contribution in [0.3, 0.4) is 0 Å². The summed E-state index contributed by atoms with van der Waals surface area (Å²) in [6, 6.07) is 6.81. The molecule has 1 aromatic heterocycles. The summed E-state index contributed by atoms with van der Waals surface area (Å²) >= 11 is 5.98. The molecule has 3 rings (SSSR count). The first kappa shape index (κ1) is 13.8. The molecule has 0 fully saturated rings. The molecule has 6 heteroatoms. The summed E-state index contributed by atoms with van der Waals surface area (Å²) < 4.78 is 1.74. The van der Waals surface area contributed by atoms with Crippen LogP contribution in [0.5, 0.6) is 0 Å². The highest BCUT2D eigenvalue weighted by atomic mass is 35.5. The van der Waals surface area contributed by atoms with E-state index in [1.165, 1.54) is 4.90 Å². The van der Waals surface area contributed by atoms with Gasteiger partial charge in [-0.3, -0.25) is 19.2 Å². The standard InChI is InChI=1S/C15H14ClN3O2/c1-3-10-7-11(18(2)17-10)8-19-13-6-9(16)4-5-12(13)14(20)15(19)21/h4-7H,3,8H2,1-2H3. The zero-order valence-corrected chi connectivity index (χ0v) is 12.5. The Morgan fingerprint density at radius 3 is 2.67 bits per heavy atom. The second kappa shape index (κ2) is 5.00. The molecule has 0 aliphatic carbocycles. The number of nitrogens with zero attached hydrogens (tertiary/aromatic N) is 3. The number of aryl methyl sites for hydroxylation is 2. The van der Waals surface area contributed by atoms with Gasteiger partial charge in [0.05, 0.1) is 29.2 Å². The number of rotatable bonds is 3. The van der Waals surface area contributed by atoms with Crippen molar-refractivity contribution >= 4 is 29.0 Å². The van der Waals surface area contributed by atoms with Crippen LogP contribution in [0, 0.1) is 0 Å². The highest BCUT2D eigenvalue weighted by molar-refractivity contribution is 6.52. The van der Waals surface area contributed by atoms with Gasteiger partial charge in [0.25, 0.3) is 11.7 Å². The highest BCUT2D eigenvalue weighted by Gasteiger charge is 2.36. The van der Waals surface area contributed by atoms with Gasteiger partial charge >= 0.3 is 0 Å². The summed E-state index contributed by atoms with van der Waals surface area (Å²) in [5.74, 6) is -1.01. The fourth-order valence-corrected chi connectivity index (χ4v) is 2.64. The number of carbonyl (C=O) groups excluding carboxylic acids is 2. The van der Waals surface area contributed by atoms with E-state index in [4.69, 9.17) is 11.6 Å². The zero-order valence-electron chi connectivity index (χ0n) is 11.8. The molecule has 1 amide bonds. The van der Waals surface area contributed by atoms with Crippen LogP contribution in [0.1, 0.15) is 28.7 Å². The molecule has 0 atom stereocenters. The van der Waals surface area contributed by atoms with Crippen molar-refractivity contribution in [3.05, 3.63) is 46.2 Å². The minimum Gasteiger partial charge on any atom is -0.299 e. The van der Waals surface area contributed by atoms with E-state index in [0.717, 1.165) is 17.8 Å². The van der Waals surface area contributed by atoms with Gasteiger partial charge < -0.3 is 0 Å². The molecule has 108 valence electrons. The van der Waals surface area contributed by atoms with Crippen molar-refractivity contribution in [2.24, 2.45) is 7.05 Å². The van der Waals surface area contributed by atoms with Gasteiger partial charge in [-0.1, -0.05) is 18.5 Å². The minimum atomic E-state index is -0.522. The van der Waals surface area contributed by atoms with Gasteiger partial charge in [-0.05, 0) is 30.7 Å². The second-order valence-corrected chi connectivity index (χ2v) is 5.42. The molecule has 1 aromatic carbocycles. The van der Waals surface area contributed by atoms with Crippen LogP contribution in [0.15, 0.2) is 24.3 Å². The highest BCUT2D eigenvalue weighted by Crippen LogP contribution is 2.32. The number of fused-ring (bicyclic) bond motifs is 1. The average Bonchev–Trinajstić information content (AvgIpc) is 2.93.